The summed E-state index contributed by atoms with van der Waals surface area (Å²) < 4.78 is 41.4. The quantitative estimate of drug-likeness (QED) is 0.778. The standard InChI is InChI=1S/C15H13F3O2/c1-20-13-5-4-10-8-12(3-2-11(10)9-13)14(19)6-7-15(16,17)18/h2-5,8-9H,6-7H2,1H3. The normalized spacial score (nSPS) is 11.6. The molecular formula is C15H13F3O2. The Labute approximate surface area is 114 Å². The fraction of sp³-hybridized carbons (Fsp3) is 0.267. The second-order valence-electron chi connectivity index (χ2n) is 4.47. The van der Waals surface area contributed by atoms with Gasteiger partial charge in [0.15, 0.2) is 5.78 Å². The van der Waals surface area contributed by atoms with Crippen LogP contribution >= 0.6 is 0 Å². The summed E-state index contributed by atoms with van der Waals surface area (Å²) in [4.78, 5) is 11.7. The number of hydrogen-bond donors (Lipinski definition) is 0. The van der Waals surface area contributed by atoms with Gasteiger partial charge in [0.05, 0.1) is 13.5 Å². The molecule has 2 nitrogen and oxygen atoms in total. The highest BCUT2D eigenvalue weighted by atomic mass is 19.4. The highest BCUT2D eigenvalue weighted by molar-refractivity contribution is 6.00. The number of benzene rings is 2. The Balaban J connectivity index is 2.21. The second kappa shape index (κ2) is 5.53. The molecule has 0 aromatic heterocycles. The molecule has 106 valence electrons. The van der Waals surface area contributed by atoms with Gasteiger partial charge in [0.2, 0.25) is 0 Å². The third kappa shape index (κ3) is 3.50. The van der Waals surface area contributed by atoms with Gasteiger partial charge in [-0.25, -0.2) is 0 Å². The van der Waals surface area contributed by atoms with Gasteiger partial charge in [-0.05, 0) is 29.0 Å². The van der Waals surface area contributed by atoms with Gasteiger partial charge in [-0.2, -0.15) is 13.2 Å². The Morgan fingerprint density at radius 1 is 1.10 bits per heavy atom. The zero-order chi connectivity index (χ0) is 14.8. The highest BCUT2D eigenvalue weighted by Gasteiger charge is 2.28. The maximum absolute atomic E-state index is 12.1. The number of methoxy groups -OCH3 is 1. The summed E-state index contributed by atoms with van der Waals surface area (Å²) in [7, 11) is 1.55. The van der Waals surface area contributed by atoms with Crippen LogP contribution in [-0.2, 0) is 0 Å². The van der Waals surface area contributed by atoms with E-state index in [4.69, 9.17) is 4.74 Å². The average Bonchev–Trinajstić information content (AvgIpc) is 2.42. The van der Waals surface area contributed by atoms with E-state index in [0.29, 0.717) is 11.3 Å². The average molecular weight is 282 g/mol. The van der Waals surface area contributed by atoms with Crippen molar-refractivity contribution in [2.45, 2.75) is 19.0 Å². The molecule has 0 radical (unpaired) electrons. The summed E-state index contributed by atoms with van der Waals surface area (Å²) >= 11 is 0. The minimum absolute atomic E-state index is 0.298. The van der Waals surface area contributed by atoms with Crippen molar-refractivity contribution in [3.63, 3.8) is 0 Å². The van der Waals surface area contributed by atoms with Crippen LogP contribution in [-0.4, -0.2) is 19.1 Å². The van der Waals surface area contributed by atoms with Crippen LogP contribution in [0, 0.1) is 0 Å². The minimum Gasteiger partial charge on any atom is -0.497 e. The lowest BCUT2D eigenvalue weighted by atomic mass is 10.0. The summed E-state index contributed by atoms with van der Waals surface area (Å²) in [6.45, 7) is 0. The first-order valence-electron chi connectivity index (χ1n) is 6.07. The molecule has 2 aromatic carbocycles. The molecule has 2 aromatic rings. The van der Waals surface area contributed by atoms with Crippen LogP contribution in [0.5, 0.6) is 5.75 Å². The Morgan fingerprint density at radius 2 is 1.75 bits per heavy atom. The first-order chi connectivity index (χ1) is 9.39. The third-order valence-corrected chi connectivity index (χ3v) is 3.00. The monoisotopic (exact) mass is 282 g/mol. The van der Waals surface area contributed by atoms with Gasteiger partial charge < -0.3 is 4.74 Å². The van der Waals surface area contributed by atoms with Gasteiger partial charge in [0, 0.05) is 12.0 Å². The van der Waals surface area contributed by atoms with Gasteiger partial charge in [-0.3, -0.25) is 4.79 Å². The van der Waals surface area contributed by atoms with Gasteiger partial charge in [-0.1, -0.05) is 18.2 Å². The molecule has 0 atom stereocenters. The number of halogens is 3. The number of fused-ring (bicyclic) bond motifs is 1. The molecule has 5 heteroatoms. The van der Waals surface area contributed by atoms with Crippen molar-refractivity contribution >= 4 is 16.6 Å². The van der Waals surface area contributed by atoms with Gasteiger partial charge in [0.25, 0.3) is 0 Å². The molecular weight excluding hydrogens is 269 g/mol. The Bertz CT molecular complexity index is 633. The van der Waals surface area contributed by atoms with Crippen LogP contribution < -0.4 is 4.74 Å². The van der Waals surface area contributed by atoms with E-state index in [9.17, 15) is 18.0 Å². The largest absolute Gasteiger partial charge is 0.497 e. The molecule has 0 N–H and O–H groups in total. The molecule has 0 aliphatic carbocycles. The summed E-state index contributed by atoms with van der Waals surface area (Å²) in [6, 6.07) is 10.2. The molecule has 0 saturated carbocycles. The predicted molar refractivity (Wildman–Crippen MR) is 70.1 cm³/mol. The molecule has 0 spiro atoms. The lowest BCUT2D eigenvalue weighted by Crippen LogP contribution is -2.10. The van der Waals surface area contributed by atoms with E-state index in [2.05, 4.69) is 0 Å². The Kier molecular flexibility index (Phi) is 3.97. The second-order valence-corrected chi connectivity index (χ2v) is 4.47. The number of ether oxygens (including phenoxy) is 1. The Hall–Kier alpha value is -2.04. The maximum Gasteiger partial charge on any atom is 0.389 e. The third-order valence-electron chi connectivity index (χ3n) is 3.00. The van der Waals surface area contributed by atoms with Gasteiger partial charge in [0.1, 0.15) is 5.75 Å². The highest BCUT2D eigenvalue weighted by Crippen LogP contribution is 2.25. The SMILES string of the molecule is COc1ccc2cc(C(=O)CCC(F)(F)F)ccc2c1. The predicted octanol–water partition coefficient (Wildman–Crippen LogP) is 4.37. The van der Waals surface area contributed by atoms with Crippen molar-refractivity contribution in [1.29, 1.82) is 0 Å². The lowest BCUT2D eigenvalue weighted by Gasteiger charge is -2.07. The van der Waals surface area contributed by atoms with Crippen LogP contribution in [0.4, 0.5) is 13.2 Å². The van der Waals surface area contributed by atoms with Crippen molar-refractivity contribution in [2.24, 2.45) is 0 Å². The smallest absolute Gasteiger partial charge is 0.389 e. The molecule has 0 heterocycles. The van der Waals surface area contributed by atoms with E-state index in [1.54, 1.807) is 43.5 Å². The number of rotatable bonds is 4. The molecule has 0 unspecified atom stereocenters. The van der Waals surface area contributed by atoms with Crippen LogP contribution in [0.25, 0.3) is 10.8 Å². The number of carbonyl (C=O) groups excluding carboxylic acids is 1. The van der Waals surface area contributed by atoms with Gasteiger partial charge >= 0.3 is 6.18 Å². The summed E-state index contributed by atoms with van der Waals surface area (Å²) in [5, 5.41) is 1.67. The fourth-order valence-electron chi connectivity index (χ4n) is 1.92. The van der Waals surface area contributed by atoms with E-state index in [1.807, 2.05) is 0 Å². The summed E-state index contributed by atoms with van der Waals surface area (Å²) in [5.41, 5.74) is 0.298. The minimum atomic E-state index is -4.31. The van der Waals surface area contributed by atoms with Crippen LogP contribution in [0.3, 0.4) is 0 Å². The number of Topliss-reactive ketones (excluding diaryl/α,β-unsaturated/α-hetero) is 1. The number of carbonyl (C=O) groups is 1. The summed E-state index contributed by atoms with van der Waals surface area (Å²) in [6.07, 6.45) is -5.92. The van der Waals surface area contributed by atoms with Crippen molar-refractivity contribution in [1.82, 2.24) is 0 Å². The molecule has 0 amide bonds. The van der Waals surface area contributed by atoms with Crippen molar-refractivity contribution in [3.05, 3.63) is 42.0 Å². The molecule has 0 fully saturated rings. The van der Waals surface area contributed by atoms with E-state index < -0.39 is 24.8 Å². The molecule has 0 aliphatic rings. The van der Waals surface area contributed by atoms with E-state index in [0.717, 1.165) is 10.8 Å². The van der Waals surface area contributed by atoms with Crippen LogP contribution in [0.2, 0.25) is 0 Å². The number of hydrogen-bond acceptors (Lipinski definition) is 2. The summed E-state index contributed by atoms with van der Waals surface area (Å²) in [5.74, 6) is 0.189. The van der Waals surface area contributed by atoms with Crippen molar-refractivity contribution < 1.29 is 22.7 Å². The van der Waals surface area contributed by atoms with E-state index >= 15 is 0 Å². The first kappa shape index (κ1) is 14.4. The van der Waals surface area contributed by atoms with E-state index in [-0.39, 0.29) is 0 Å². The molecule has 0 aliphatic heterocycles. The van der Waals surface area contributed by atoms with E-state index in [1.165, 1.54) is 0 Å². The topological polar surface area (TPSA) is 26.3 Å². The molecule has 0 bridgehead atoms. The van der Waals surface area contributed by atoms with Crippen LogP contribution in [0.15, 0.2) is 36.4 Å². The number of ketones is 1. The molecule has 2 rings (SSSR count). The van der Waals surface area contributed by atoms with Crippen molar-refractivity contribution in [3.8, 4) is 5.75 Å². The van der Waals surface area contributed by atoms with Crippen molar-refractivity contribution in [2.75, 3.05) is 7.11 Å². The van der Waals surface area contributed by atoms with Crippen LogP contribution in [0.1, 0.15) is 23.2 Å². The molecule has 0 saturated heterocycles. The molecule has 20 heavy (non-hydrogen) atoms. The van der Waals surface area contributed by atoms with Gasteiger partial charge in [-0.15, -0.1) is 0 Å². The fourth-order valence-corrected chi connectivity index (χ4v) is 1.92. The lowest BCUT2D eigenvalue weighted by molar-refractivity contribution is -0.133. The maximum atomic E-state index is 12.1. The first-order valence-corrected chi connectivity index (χ1v) is 6.07. The zero-order valence-electron chi connectivity index (χ0n) is 10.8. The Morgan fingerprint density at radius 3 is 2.40 bits per heavy atom. The number of alkyl halides is 3. The zero-order valence-corrected chi connectivity index (χ0v) is 10.8.